The van der Waals surface area contributed by atoms with Gasteiger partial charge in [-0.15, -0.1) is 0 Å². The van der Waals surface area contributed by atoms with Crippen LogP contribution in [0.2, 0.25) is 0 Å². The number of benzene rings is 3. The smallest absolute Gasteiger partial charge is 0.0449 e. The molecule has 0 spiro atoms. The van der Waals surface area contributed by atoms with Crippen LogP contribution < -0.4 is 4.90 Å². The lowest BCUT2D eigenvalue weighted by atomic mass is 9.84. The molecule has 0 aromatic heterocycles. The van der Waals surface area contributed by atoms with Crippen molar-refractivity contribution in [3.05, 3.63) is 96.1 Å². The van der Waals surface area contributed by atoms with Crippen molar-refractivity contribution in [3.8, 4) is 0 Å². The fourth-order valence-corrected chi connectivity index (χ4v) is 3.47. The highest BCUT2D eigenvalue weighted by Crippen LogP contribution is 2.42. The minimum absolute atomic E-state index is 0.498. The third-order valence-electron chi connectivity index (χ3n) is 4.51. The van der Waals surface area contributed by atoms with Crippen molar-refractivity contribution in [2.24, 2.45) is 0 Å². The van der Waals surface area contributed by atoms with Crippen LogP contribution in [0.4, 0.5) is 11.4 Å². The molecule has 3 aromatic rings. The minimum Gasteiger partial charge on any atom is -0.341 e. The predicted octanol–water partition coefficient (Wildman–Crippen LogP) is 5.36. The average molecular weight is 285 g/mol. The standard InChI is InChI=1S/C21H19N/c1-3-9-17(10-4-1)19-15-16-22(18-11-5-2-6-12-18)21-14-8-7-13-20(19)21/h1-14,19H,15-16H2. The second-order valence-corrected chi connectivity index (χ2v) is 5.80. The molecule has 0 bridgehead atoms. The van der Waals surface area contributed by atoms with Gasteiger partial charge in [0.15, 0.2) is 0 Å². The maximum Gasteiger partial charge on any atom is 0.0449 e. The van der Waals surface area contributed by atoms with Gasteiger partial charge < -0.3 is 4.90 Å². The van der Waals surface area contributed by atoms with Crippen molar-refractivity contribution < 1.29 is 0 Å². The molecular weight excluding hydrogens is 266 g/mol. The molecule has 0 N–H and O–H groups in total. The highest BCUT2D eigenvalue weighted by Gasteiger charge is 2.26. The molecule has 1 nitrogen and oxygen atoms in total. The fourth-order valence-electron chi connectivity index (χ4n) is 3.47. The number of anilines is 2. The Bertz CT molecular complexity index is 683. The van der Waals surface area contributed by atoms with E-state index in [0.29, 0.717) is 5.92 Å². The van der Waals surface area contributed by atoms with Crippen molar-refractivity contribution >= 4 is 11.4 Å². The number of rotatable bonds is 2. The first-order chi connectivity index (χ1) is 10.9. The van der Waals surface area contributed by atoms with Gasteiger partial charge >= 0.3 is 0 Å². The summed E-state index contributed by atoms with van der Waals surface area (Å²) in [5.41, 5.74) is 5.47. The second kappa shape index (κ2) is 5.69. The summed E-state index contributed by atoms with van der Waals surface area (Å²) in [6.45, 7) is 1.06. The molecule has 108 valence electrons. The quantitative estimate of drug-likeness (QED) is 0.612. The number of hydrogen-bond donors (Lipinski definition) is 0. The topological polar surface area (TPSA) is 3.24 Å². The Balaban J connectivity index is 1.79. The Labute approximate surface area is 131 Å². The van der Waals surface area contributed by atoms with Gasteiger partial charge in [-0.25, -0.2) is 0 Å². The third kappa shape index (κ3) is 2.29. The maximum atomic E-state index is 2.44. The molecule has 0 saturated carbocycles. The first kappa shape index (κ1) is 13.1. The Kier molecular flexibility index (Phi) is 3.40. The van der Waals surface area contributed by atoms with Crippen LogP contribution in [-0.2, 0) is 0 Å². The van der Waals surface area contributed by atoms with Crippen LogP contribution in [0.15, 0.2) is 84.9 Å². The normalized spacial score (nSPS) is 17.1. The van der Waals surface area contributed by atoms with Crippen LogP contribution in [0.25, 0.3) is 0 Å². The van der Waals surface area contributed by atoms with Crippen molar-refractivity contribution in [1.82, 2.24) is 0 Å². The highest BCUT2D eigenvalue weighted by atomic mass is 15.1. The first-order valence-corrected chi connectivity index (χ1v) is 7.90. The molecule has 0 amide bonds. The summed E-state index contributed by atoms with van der Waals surface area (Å²) < 4.78 is 0. The molecule has 0 saturated heterocycles. The van der Waals surface area contributed by atoms with Gasteiger partial charge in [0.1, 0.15) is 0 Å². The van der Waals surface area contributed by atoms with E-state index in [1.165, 1.54) is 22.5 Å². The largest absolute Gasteiger partial charge is 0.341 e. The highest BCUT2D eigenvalue weighted by molar-refractivity contribution is 5.69. The van der Waals surface area contributed by atoms with E-state index >= 15 is 0 Å². The molecule has 1 heterocycles. The zero-order chi connectivity index (χ0) is 14.8. The zero-order valence-electron chi connectivity index (χ0n) is 12.5. The lowest BCUT2D eigenvalue weighted by molar-refractivity contribution is 0.680. The molecule has 3 aromatic carbocycles. The van der Waals surface area contributed by atoms with Crippen LogP contribution in [-0.4, -0.2) is 6.54 Å². The van der Waals surface area contributed by atoms with E-state index in [0.717, 1.165) is 13.0 Å². The number of fused-ring (bicyclic) bond motifs is 1. The van der Waals surface area contributed by atoms with E-state index in [4.69, 9.17) is 0 Å². The van der Waals surface area contributed by atoms with E-state index in [-0.39, 0.29) is 0 Å². The molecule has 0 aliphatic carbocycles. The van der Waals surface area contributed by atoms with E-state index in [1.807, 2.05) is 0 Å². The summed E-state index contributed by atoms with van der Waals surface area (Å²) in [5, 5.41) is 0. The van der Waals surface area contributed by atoms with Crippen molar-refractivity contribution in [1.29, 1.82) is 0 Å². The van der Waals surface area contributed by atoms with Gasteiger partial charge in [-0.1, -0.05) is 66.7 Å². The molecule has 0 radical (unpaired) electrons. The van der Waals surface area contributed by atoms with Crippen LogP contribution in [0.1, 0.15) is 23.5 Å². The predicted molar refractivity (Wildman–Crippen MR) is 92.8 cm³/mol. The molecule has 1 atom stereocenters. The Morgan fingerprint density at radius 1 is 0.682 bits per heavy atom. The fraction of sp³-hybridized carbons (Fsp3) is 0.143. The first-order valence-electron chi connectivity index (χ1n) is 7.90. The summed E-state index contributed by atoms with van der Waals surface area (Å²) in [7, 11) is 0. The summed E-state index contributed by atoms with van der Waals surface area (Å²) in [6, 6.07) is 30.4. The minimum atomic E-state index is 0.498. The molecule has 1 unspecified atom stereocenters. The molecule has 1 aliphatic rings. The van der Waals surface area contributed by atoms with Gasteiger partial charge in [-0.3, -0.25) is 0 Å². The second-order valence-electron chi connectivity index (χ2n) is 5.80. The van der Waals surface area contributed by atoms with Crippen molar-refractivity contribution in [3.63, 3.8) is 0 Å². The molecule has 1 aliphatic heterocycles. The van der Waals surface area contributed by atoms with Gasteiger partial charge in [0.2, 0.25) is 0 Å². The van der Waals surface area contributed by atoms with Crippen LogP contribution in [0, 0.1) is 0 Å². The van der Waals surface area contributed by atoms with Crippen LogP contribution in [0.5, 0.6) is 0 Å². The lowest BCUT2D eigenvalue weighted by Crippen LogP contribution is -2.27. The van der Waals surface area contributed by atoms with Crippen LogP contribution in [0.3, 0.4) is 0 Å². The summed E-state index contributed by atoms with van der Waals surface area (Å²) >= 11 is 0. The number of para-hydroxylation sites is 2. The van der Waals surface area contributed by atoms with Gasteiger partial charge in [0, 0.05) is 23.8 Å². The average Bonchev–Trinajstić information content (AvgIpc) is 2.62. The van der Waals surface area contributed by atoms with Gasteiger partial charge in [-0.05, 0) is 35.7 Å². The Morgan fingerprint density at radius 2 is 1.32 bits per heavy atom. The van der Waals surface area contributed by atoms with Gasteiger partial charge in [0.25, 0.3) is 0 Å². The Morgan fingerprint density at radius 3 is 2.09 bits per heavy atom. The van der Waals surface area contributed by atoms with E-state index < -0.39 is 0 Å². The van der Waals surface area contributed by atoms with Crippen LogP contribution >= 0.6 is 0 Å². The van der Waals surface area contributed by atoms with Gasteiger partial charge in [-0.2, -0.15) is 0 Å². The molecule has 1 heteroatoms. The van der Waals surface area contributed by atoms with Gasteiger partial charge in [0.05, 0.1) is 0 Å². The summed E-state index contributed by atoms with van der Waals surface area (Å²) in [6.07, 6.45) is 1.15. The Hall–Kier alpha value is -2.54. The third-order valence-corrected chi connectivity index (χ3v) is 4.51. The SMILES string of the molecule is c1ccc(C2CCN(c3ccccc3)c3ccccc32)cc1. The lowest BCUT2D eigenvalue weighted by Gasteiger charge is -2.36. The number of nitrogens with zero attached hydrogens (tertiary/aromatic N) is 1. The van der Waals surface area contributed by atoms with Crippen molar-refractivity contribution in [2.75, 3.05) is 11.4 Å². The van der Waals surface area contributed by atoms with E-state index in [9.17, 15) is 0 Å². The molecular formula is C21H19N. The van der Waals surface area contributed by atoms with Crippen molar-refractivity contribution in [2.45, 2.75) is 12.3 Å². The van der Waals surface area contributed by atoms with E-state index in [1.54, 1.807) is 0 Å². The molecule has 22 heavy (non-hydrogen) atoms. The molecule has 4 rings (SSSR count). The summed E-state index contributed by atoms with van der Waals surface area (Å²) in [4.78, 5) is 2.44. The summed E-state index contributed by atoms with van der Waals surface area (Å²) in [5.74, 6) is 0.498. The monoisotopic (exact) mass is 285 g/mol. The number of hydrogen-bond acceptors (Lipinski definition) is 1. The van der Waals surface area contributed by atoms with E-state index in [2.05, 4.69) is 89.8 Å². The maximum absolute atomic E-state index is 2.44. The zero-order valence-corrected chi connectivity index (χ0v) is 12.5. The molecule has 0 fully saturated rings.